The molecular weight excluding hydrogens is 522 g/mol. The van der Waals surface area contributed by atoms with Gasteiger partial charge in [-0.25, -0.2) is 28.8 Å². The highest BCUT2D eigenvalue weighted by atomic mass is 16.9. The van der Waals surface area contributed by atoms with Crippen molar-refractivity contribution in [1.29, 1.82) is 0 Å². The average molecular weight is 537 g/mol. The van der Waals surface area contributed by atoms with Crippen LogP contribution >= 0.6 is 0 Å². The van der Waals surface area contributed by atoms with Gasteiger partial charge in [-0.1, -0.05) is 18.2 Å². The molecular formula is C24H15N3O12. The smallest absolute Gasteiger partial charge is 0.331 e. The van der Waals surface area contributed by atoms with E-state index in [1.165, 1.54) is 54.6 Å². The fourth-order valence-corrected chi connectivity index (χ4v) is 2.96. The number of carbonyl (C=O) groups is 6. The van der Waals surface area contributed by atoms with E-state index in [0.29, 0.717) is 0 Å². The molecule has 198 valence electrons. The molecule has 1 heterocycles. The third kappa shape index (κ3) is 6.77. The standard InChI is InChI=1S/C24H15N3O12/c28-19-13-4-1-5-14(10-13)20(29)35-26-37-22(31)16-7-3-9-18(12-16)24(33)39-27-38-23(32)17-8-2-6-15(11-17)21(30)36-25-34-19/h1-12,25-27H. The minimum atomic E-state index is -1.04. The fourth-order valence-electron chi connectivity index (χ4n) is 2.96. The Morgan fingerprint density at radius 2 is 0.513 bits per heavy atom. The molecule has 3 aromatic carbocycles. The van der Waals surface area contributed by atoms with E-state index in [9.17, 15) is 28.8 Å². The van der Waals surface area contributed by atoms with Gasteiger partial charge in [-0.15, -0.1) is 0 Å². The summed E-state index contributed by atoms with van der Waals surface area (Å²) < 4.78 is 0. The summed E-state index contributed by atoms with van der Waals surface area (Å²) in [6, 6.07) is 15.0. The first-order valence-corrected chi connectivity index (χ1v) is 10.6. The molecule has 39 heavy (non-hydrogen) atoms. The number of nitrogens with one attached hydrogen (secondary N) is 3. The van der Waals surface area contributed by atoms with Crippen LogP contribution < -0.4 is 16.9 Å². The number of benzene rings is 3. The van der Waals surface area contributed by atoms with Gasteiger partial charge in [0, 0.05) is 16.9 Å². The van der Waals surface area contributed by atoms with Crippen molar-refractivity contribution in [2.75, 3.05) is 0 Å². The molecule has 0 aliphatic carbocycles. The Bertz CT molecular complexity index is 1200. The molecule has 15 nitrogen and oxygen atoms in total. The topological polar surface area (TPSA) is 194 Å². The van der Waals surface area contributed by atoms with E-state index < -0.39 is 35.8 Å². The third-order valence-corrected chi connectivity index (χ3v) is 4.81. The van der Waals surface area contributed by atoms with Gasteiger partial charge in [0.25, 0.3) is 0 Å². The second-order valence-corrected chi connectivity index (χ2v) is 7.33. The zero-order valence-corrected chi connectivity index (χ0v) is 19.3. The van der Waals surface area contributed by atoms with Gasteiger partial charge in [0.1, 0.15) is 0 Å². The normalized spacial score (nSPS) is 15.4. The molecule has 4 rings (SSSR count). The van der Waals surface area contributed by atoms with Gasteiger partial charge in [0.2, 0.25) is 0 Å². The summed E-state index contributed by atoms with van der Waals surface area (Å²) in [5, 5.41) is 0. The zero-order valence-electron chi connectivity index (χ0n) is 19.3. The molecule has 3 N–H and O–H groups in total. The van der Waals surface area contributed by atoms with Crippen LogP contribution in [0.3, 0.4) is 0 Å². The molecule has 0 spiro atoms. The van der Waals surface area contributed by atoms with Gasteiger partial charge < -0.3 is 29.0 Å². The average Bonchev–Trinajstić information content (AvgIpc) is 2.96. The minimum Gasteiger partial charge on any atom is -0.331 e. The summed E-state index contributed by atoms with van der Waals surface area (Å²) in [7, 11) is 0. The Balaban J connectivity index is 1.55. The molecule has 0 unspecified atom stereocenters. The molecule has 15 heteroatoms. The van der Waals surface area contributed by atoms with Gasteiger partial charge in [-0.05, 0) is 54.6 Å². The lowest BCUT2D eigenvalue weighted by Gasteiger charge is -2.09. The molecule has 0 aromatic heterocycles. The first-order valence-electron chi connectivity index (χ1n) is 10.6. The van der Waals surface area contributed by atoms with E-state index in [1.54, 1.807) is 16.9 Å². The van der Waals surface area contributed by atoms with Gasteiger partial charge in [0.15, 0.2) is 0 Å². The van der Waals surface area contributed by atoms with Crippen molar-refractivity contribution in [2.45, 2.75) is 0 Å². The monoisotopic (exact) mass is 537 g/mol. The lowest BCUT2D eigenvalue weighted by Crippen LogP contribution is -2.26. The first kappa shape index (κ1) is 26.4. The lowest BCUT2D eigenvalue weighted by atomic mass is 10.1. The molecule has 1 aliphatic rings. The van der Waals surface area contributed by atoms with Crippen molar-refractivity contribution >= 4 is 35.8 Å². The van der Waals surface area contributed by atoms with Crippen molar-refractivity contribution in [3.8, 4) is 0 Å². The highest BCUT2D eigenvalue weighted by molar-refractivity contribution is 5.97. The van der Waals surface area contributed by atoms with Crippen LogP contribution in [0, 0.1) is 0 Å². The minimum absolute atomic E-state index is 0.139. The van der Waals surface area contributed by atoms with E-state index in [0.717, 1.165) is 18.2 Å². The summed E-state index contributed by atoms with van der Waals surface area (Å²) >= 11 is 0. The fraction of sp³-hybridized carbons (Fsp3) is 0. The van der Waals surface area contributed by atoms with Crippen LogP contribution in [0.5, 0.6) is 0 Å². The molecule has 1 aliphatic heterocycles. The first-order chi connectivity index (χ1) is 18.8. The molecule has 0 atom stereocenters. The Kier molecular flexibility index (Phi) is 8.17. The van der Waals surface area contributed by atoms with Crippen LogP contribution in [0.4, 0.5) is 0 Å². The van der Waals surface area contributed by atoms with Crippen molar-refractivity contribution in [3.63, 3.8) is 0 Å². The van der Waals surface area contributed by atoms with Crippen LogP contribution in [-0.4, -0.2) is 35.8 Å². The Labute approximate surface area is 217 Å². The van der Waals surface area contributed by atoms with Gasteiger partial charge in [-0.3, -0.25) is 0 Å². The summed E-state index contributed by atoms with van der Waals surface area (Å²) in [4.78, 5) is 101. The van der Waals surface area contributed by atoms with Crippen LogP contribution in [0.1, 0.15) is 62.1 Å². The van der Waals surface area contributed by atoms with Crippen molar-refractivity contribution in [2.24, 2.45) is 0 Å². The Morgan fingerprint density at radius 3 is 0.692 bits per heavy atom. The summed E-state index contributed by atoms with van der Waals surface area (Å²) in [6.45, 7) is 0. The highest BCUT2D eigenvalue weighted by Gasteiger charge is 2.18. The van der Waals surface area contributed by atoms with Crippen molar-refractivity contribution in [1.82, 2.24) is 16.9 Å². The van der Waals surface area contributed by atoms with E-state index in [2.05, 4.69) is 29.0 Å². The summed E-state index contributed by atoms with van der Waals surface area (Å²) in [6.07, 6.45) is 0. The molecule has 6 bridgehead atoms. The van der Waals surface area contributed by atoms with Crippen molar-refractivity contribution < 1.29 is 57.8 Å². The maximum absolute atomic E-state index is 12.3. The Hall–Kier alpha value is -5.64. The van der Waals surface area contributed by atoms with E-state index in [1.807, 2.05) is 0 Å². The van der Waals surface area contributed by atoms with Crippen LogP contribution in [0.25, 0.3) is 0 Å². The lowest BCUT2D eigenvalue weighted by molar-refractivity contribution is -0.101. The number of carbonyl (C=O) groups excluding carboxylic acids is 6. The molecule has 0 saturated carbocycles. The summed E-state index contributed by atoms with van der Waals surface area (Å²) in [5.41, 5.74) is 4.32. The van der Waals surface area contributed by atoms with E-state index >= 15 is 0 Å². The van der Waals surface area contributed by atoms with Gasteiger partial charge in [-0.2, -0.15) is 0 Å². The predicted molar refractivity (Wildman–Crippen MR) is 121 cm³/mol. The van der Waals surface area contributed by atoms with Crippen LogP contribution in [0.2, 0.25) is 0 Å². The molecule has 0 radical (unpaired) electrons. The molecule has 0 saturated heterocycles. The van der Waals surface area contributed by atoms with Crippen LogP contribution in [0.15, 0.2) is 72.8 Å². The van der Waals surface area contributed by atoms with E-state index in [4.69, 9.17) is 0 Å². The number of hydrogen-bond acceptors (Lipinski definition) is 15. The molecule has 3 aromatic rings. The molecule has 0 amide bonds. The summed E-state index contributed by atoms with van der Waals surface area (Å²) in [5.74, 6) is -6.23. The predicted octanol–water partition coefficient (Wildman–Crippen LogP) is 1.30. The van der Waals surface area contributed by atoms with Gasteiger partial charge in [0.05, 0.1) is 33.4 Å². The quantitative estimate of drug-likeness (QED) is 0.347. The second kappa shape index (κ2) is 12.1. The SMILES string of the molecule is O=C1ONOC(=O)c2cccc(c2)C(=O)ONOC(=O)c2cccc(c2)C(=O)ONOC(=O)c2cccc1c2. The molecule has 0 fully saturated rings. The Morgan fingerprint density at radius 1 is 0.333 bits per heavy atom. The maximum atomic E-state index is 12.3. The van der Waals surface area contributed by atoms with Crippen LogP contribution in [-0.2, 0) is 29.0 Å². The van der Waals surface area contributed by atoms with Gasteiger partial charge >= 0.3 is 35.8 Å². The third-order valence-electron chi connectivity index (χ3n) is 4.81. The second-order valence-electron chi connectivity index (χ2n) is 7.33. The number of fused-ring (bicyclic) bond motifs is 6. The largest absolute Gasteiger partial charge is 0.360 e. The number of rotatable bonds is 0. The zero-order chi connectivity index (χ0) is 27.8. The maximum Gasteiger partial charge on any atom is 0.360 e. The van der Waals surface area contributed by atoms with Crippen molar-refractivity contribution in [3.05, 3.63) is 106 Å². The highest BCUT2D eigenvalue weighted by Crippen LogP contribution is 2.11. The number of hydrogen-bond donors (Lipinski definition) is 3. The van der Waals surface area contributed by atoms with E-state index in [-0.39, 0.29) is 33.4 Å².